The average Bonchev–Trinajstić information content (AvgIpc) is 3.46. The first-order valence-corrected chi connectivity index (χ1v) is 12.8. The highest BCUT2D eigenvalue weighted by Crippen LogP contribution is 2.25. The Morgan fingerprint density at radius 3 is 2.82 bits per heavy atom. The van der Waals surface area contributed by atoms with Gasteiger partial charge < -0.3 is 20.1 Å². The van der Waals surface area contributed by atoms with Crippen LogP contribution in [0.5, 0.6) is 0 Å². The maximum atomic E-state index is 13.2. The minimum atomic E-state index is -0.225. The van der Waals surface area contributed by atoms with Gasteiger partial charge in [0, 0.05) is 23.8 Å². The summed E-state index contributed by atoms with van der Waals surface area (Å²) in [4.78, 5) is 20.2. The van der Waals surface area contributed by atoms with E-state index >= 15 is 0 Å². The van der Waals surface area contributed by atoms with Crippen molar-refractivity contribution < 1.29 is 4.79 Å². The van der Waals surface area contributed by atoms with Gasteiger partial charge >= 0.3 is 0 Å². The maximum Gasteiger partial charge on any atom is 0.242 e. The Balaban J connectivity index is 1.36. The first kappa shape index (κ1) is 24.2. The molecule has 1 aromatic heterocycles. The van der Waals surface area contributed by atoms with Gasteiger partial charge in [0.2, 0.25) is 5.91 Å². The summed E-state index contributed by atoms with van der Waals surface area (Å²) in [6.07, 6.45) is 11.1. The van der Waals surface area contributed by atoms with E-state index in [-0.39, 0.29) is 23.5 Å². The zero-order valence-electron chi connectivity index (χ0n) is 20.2. The number of rotatable bonds is 9. The molecule has 2 heterocycles. The fourth-order valence-electron chi connectivity index (χ4n) is 5.23. The van der Waals surface area contributed by atoms with Crippen LogP contribution in [-0.2, 0) is 23.2 Å². The van der Waals surface area contributed by atoms with Crippen molar-refractivity contribution in [3.05, 3.63) is 46.9 Å². The van der Waals surface area contributed by atoms with Crippen LogP contribution in [0.2, 0.25) is 5.02 Å². The largest absolute Gasteiger partial charge is 0.328 e. The van der Waals surface area contributed by atoms with E-state index in [9.17, 15) is 4.79 Å². The van der Waals surface area contributed by atoms with E-state index in [1.165, 1.54) is 37.1 Å². The normalized spacial score (nSPS) is 19.9. The van der Waals surface area contributed by atoms with Crippen LogP contribution in [0.25, 0.3) is 0 Å². The maximum absolute atomic E-state index is 13.2. The van der Waals surface area contributed by atoms with Gasteiger partial charge in [-0.2, -0.15) is 0 Å². The lowest BCUT2D eigenvalue weighted by molar-refractivity contribution is -0.118. The van der Waals surface area contributed by atoms with Gasteiger partial charge in [-0.3, -0.25) is 4.79 Å². The Kier molecular flexibility index (Phi) is 7.77. The predicted octanol–water partition coefficient (Wildman–Crippen LogP) is 4.62. The number of aryl methyl sites for hydroxylation is 1. The molecule has 1 aliphatic heterocycles. The number of hydrogen-bond acceptors (Lipinski definition) is 4. The Hall–Kier alpha value is -1.89. The Labute approximate surface area is 203 Å². The third-order valence-electron chi connectivity index (χ3n) is 7.07. The summed E-state index contributed by atoms with van der Waals surface area (Å²) in [6, 6.07) is 6.22. The number of likely N-dealkylation sites (tertiary alicyclic amines) is 1. The Bertz CT molecular complexity index is 950. The number of anilines is 1. The molecule has 33 heavy (non-hydrogen) atoms. The SMILES string of the molecule is CCC[C@H](NC1CCc2cc(Cl)ccc2C1)C(=O)Nc1cn(C(C)(C)CN2CCCC2)cn1. The van der Waals surface area contributed by atoms with Crippen molar-refractivity contribution in [1.82, 2.24) is 19.8 Å². The number of nitrogens with zero attached hydrogens (tertiary/aromatic N) is 3. The second-order valence-corrected chi connectivity index (χ2v) is 10.7. The summed E-state index contributed by atoms with van der Waals surface area (Å²) in [6.45, 7) is 9.92. The smallest absolute Gasteiger partial charge is 0.242 e. The first-order valence-electron chi connectivity index (χ1n) is 12.4. The summed E-state index contributed by atoms with van der Waals surface area (Å²) >= 11 is 6.15. The lowest BCUT2D eigenvalue weighted by Gasteiger charge is -2.31. The predicted molar refractivity (Wildman–Crippen MR) is 135 cm³/mol. The standard InChI is InChI=1S/C26H38ClN5O/c1-4-7-23(29-22-11-9-19-14-21(27)10-8-20(19)15-22)25(33)30-24-16-32(18-28-24)26(2,3)17-31-12-5-6-13-31/h8,10,14,16,18,22-23,29H,4-7,9,11-13,15,17H2,1-3H3,(H,30,33)/t22?,23-/m0/s1. The number of carbonyl (C=O) groups is 1. The molecule has 2 aliphatic rings. The molecule has 1 fully saturated rings. The van der Waals surface area contributed by atoms with Crippen molar-refractivity contribution in [2.24, 2.45) is 0 Å². The lowest BCUT2D eigenvalue weighted by atomic mass is 9.87. The molecular formula is C26H38ClN5O. The highest BCUT2D eigenvalue weighted by atomic mass is 35.5. The second kappa shape index (κ2) is 10.6. The van der Waals surface area contributed by atoms with Gasteiger partial charge in [0.05, 0.1) is 17.9 Å². The molecule has 0 spiro atoms. The van der Waals surface area contributed by atoms with Crippen LogP contribution in [0.3, 0.4) is 0 Å². The molecule has 1 saturated heterocycles. The summed E-state index contributed by atoms with van der Waals surface area (Å²) < 4.78 is 2.13. The highest BCUT2D eigenvalue weighted by molar-refractivity contribution is 6.30. The minimum Gasteiger partial charge on any atom is -0.328 e. The average molecular weight is 472 g/mol. The summed E-state index contributed by atoms with van der Waals surface area (Å²) in [5, 5.41) is 7.49. The fourth-order valence-corrected chi connectivity index (χ4v) is 5.43. The van der Waals surface area contributed by atoms with Gasteiger partial charge in [-0.05, 0) is 88.7 Å². The molecule has 0 bridgehead atoms. The molecule has 2 aromatic rings. The van der Waals surface area contributed by atoms with Crippen molar-refractivity contribution in [2.45, 2.75) is 83.3 Å². The molecule has 0 radical (unpaired) electrons. The van der Waals surface area contributed by atoms with Crippen molar-refractivity contribution in [3.63, 3.8) is 0 Å². The van der Waals surface area contributed by atoms with Crippen LogP contribution in [0.4, 0.5) is 5.82 Å². The molecule has 2 N–H and O–H groups in total. The summed E-state index contributed by atoms with van der Waals surface area (Å²) in [5.74, 6) is 0.627. The zero-order chi connectivity index (χ0) is 23.4. The second-order valence-electron chi connectivity index (χ2n) is 10.3. The van der Waals surface area contributed by atoms with Crippen molar-refractivity contribution >= 4 is 23.3 Å². The van der Waals surface area contributed by atoms with E-state index in [1.807, 2.05) is 18.6 Å². The summed E-state index contributed by atoms with van der Waals surface area (Å²) in [5.41, 5.74) is 2.59. The molecule has 1 amide bonds. The monoisotopic (exact) mass is 471 g/mol. The number of benzene rings is 1. The number of amides is 1. The third kappa shape index (κ3) is 6.17. The Morgan fingerprint density at radius 1 is 1.27 bits per heavy atom. The first-order chi connectivity index (χ1) is 15.8. The molecule has 1 unspecified atom stereocenters. The fraction of sp³-hybridized carbons (Fsp3) is 0.615. The number of halogens is 1. The van der Waals surface area contributed by atoms with E-state index in [0.717, 1.165) is 43.7 Å². The van der Waals surface area contributed by atoms with Gasteiger partial charge in [-0.25, -0.2) is 4.98 Å². The van der Waals surface area contributed by atoms with Crippen molar-refractivity contribution in [3.8, 4) is 0 Å². The molecule has 6 nitrogen and oxygen atoms in total. The van der Waals surface area contributed by atoms with Crippen LogP contribution < -0.4 is 10.6 Å². The molecular weight excluding hydrogens is 434 g/mol. The molecule has 180 valence electrons. The summed E-state index contributed by atoms with van der Waals surface area (Å²) in [7, 11) is 0. The number of imidazole rings is 1. The van der Waals surface area contributed by atoms with Gasteiger partial charge in [-0.15, -0.1) is 0 Å². The Morgan fingerprint density at radius 2 is 2.06 bits per heavy atom. The van der Waals surface area contributed by atoms with E-state index in [0.29, 0.717) is 5.82 Å². The minimum absolute atomic E-state index is 0.00125. The molecule has 4 rings (SSSR count). The van der Waals surface area contributed by atoms with Crippen molar-refractivity contribution in [1.29, 1.82) is 0 Å². The van der Waals surface area contributed by atoms with E-state index in [4.69, 9.17) is 11.6 Å². The van der Waals surface area contributed by atoms with E-state index < -0.39 is 0 Å². The highest BCUT2D eigenvalue weighted by Gasteiger charge is 2.28. The van der Waals surface area contributed by atoms with Gasteiger partial charge in [0.25, 0.3) is 0 Å². The number of aromatic nitrogens is 2. The van der Waals surface area contributed by atoms with Gasteiger partial charge in [0.1, 0.15) is 0 Å². The molecule has 2 atom stereocenters. The number of carbonyl (C=O) groups excluding carboxylic acids is 1. The van der Waals surface area contributed by atoms with Crippen LogP contribution in [0.1, 0.15) is 64.0 Å². The van der Waals surface area contributed by atoms with Crippen molar-refractivity contribution in [2.75, 3.05) is 25.0 Å². The van der Waals surface area contributed by atoms with Crippen LogP contribution >= 0.6 is 11.6 Å². The number of nitrogens with one attached hydrogen (secondary N) is 2. The van der Waals surface area contributed by atoms with Crippen LogP contribution in [-0.4, -0.2) is 52.1 Å². The zero-order valence-corrected chi connectivity index (χ0v) is 21.0. The third-order valence-corrected chi connectivity index (χ3v) is 7.30. The lowest BCUT2D eigenvalue weighted by Crippen LogP contribution is -2.47. The van der Waals surface area contributed by atoms with E-state index in [2.05, 4.69) is 58.0 Å². The quantitative estimate of drug-likeness (QED) is 0.560. The van der Waals surface area contributed by atoms with Gasteiger partial charge in [-0.1, -0.05) is 31.0 Å². The molecule has 1 aliphatic carbocycles. The van der Waals surface area contributed by atoms with Gasteiger partial charge in [0.15, 0.2) is 5.82 Å². The topological polar surface area (TPSA) is 62.2 Å². The van der Waals surface area contributed by atoms with E-state index in [1.54, 1.807) is 0 Å². The molecule has 0 saturated carbocycles. The molecule has 7 heteroatoms. The van der Waals surface area contributed by atoms with Crippen LogP contribution in [0, 0.1) is 0 Å². The number of hydrogen-bond donors (Lipinski definition) is 2. The molecule has 1 aromatic carbocycles. The van der Waals surface area contributed by atoms with Crippen LogP contribution in [0.15, 0.2) is 30.7 Å². The number of fused-ring (bicyclic) bond motifs is 1.